The fourth-order valence-corrected chi connectivity index (χ4v) is 3.93. The van der Waals surface area contributed by atoms with Crippen LogP contribution in [0.4, 0.5) is 0 Å². The van der Waals surface area contributed by atoms with Crippen LogP contribution in [-0.4, -0.2) is 47.1 Å². The molecule has 1 saturated heterocycles. The highest BCUT2D eigenvalue weighted by Crippen LogP contribution is 2.46. The maximum atomic E-state index is 9.82. The molecule has 2 rings (SSSR count). The van der Waals surface area contributed by atoms with Gasteiger partial charge in [-0.1, -0.05) is 26.7 Å². The van der Waals surface area contributed by atoms with E-state index in [1.807, 2.05) is 0 Å². The van der Waals surface area contributed by atoms with Gasteiger partial charge in [0.2, 0.25) is 0 Å². The van der Waals surface area contributed by atoms with E-state index < -0.39 is 11.1 Å². The minimum atomic E-state index is -0.594. The van der Waals surface area contributed by atoms with Gasteiger partial charge in [0, 0.05) is 13.1 Å². The zero-order valence-electron chi connectivity index (χ0n) is 11.4. The van der Waals surface area contributed by atoms with Crippen LogP contribution in [-0.2, 0) is 0 Å². The van der Waals surface area contributed by atoms with Gasteiger partial charge in [-0.15, -0.1) is 0 Å². The lowest BCUT2D eigenvalue weighted by Crippen LogP contribution is -2.75. The molecule has 2 aliphatic rings. The Morgan fingerprint density at radius 3 is 1.56 bits per heavy atom. The summed E-state index contributed by atoms with van der Waals surface area (Å²) in [6.45, 7) is 7.71. The number of hydrogen-bond acceptors (Lipinski definition) is 4. The minimum absolute atomic E-state index is 0.594. The van der Waals surface area contributed by atoms with Crippen molar-refractivity contribution in [3.05, 3.63) is 0 Å². The summed E-state index contributed by atoms with van der Waals surface area (Å²) in [6, 6.07) is 5.08. The van der Waals surface area contributed by atoms with Crippen LogP contribution in [0, 0.1) is 22.7 Å². The lowest BCUT2D eigenvalue weighted by atomic mass is 9.64. The van der Waals surface area contributed by atoms with E-state index in [1.165, 1.54) is 0 Å². The van der Waals surface area contributed by atoms with E-state index in [1.54, 1.807) is 0 Å². The zero-order valence-corrected chi connectivity index (χ0v) is 11.4. The van der Waals surface area contributed by atoms with Crippen molar-refractivity contribution in [1.29, 1.82) is 10.5 Å². The van der Waals surface area contributed by atoms with Crippen LogP contribution in [0.5, 0.6) is 0 Å². The van der Waals surface area contributed by atoms with Gasteiger partial charge in [0.05, 0.1) is 12.1 Å². The molecule has 2 unspecified atom stereocenters. The summed E-state index contributed by atoms with van der Waals surface area (Å²) in [5.41, 5.74) is -1.19. The SMILES string of the molecule is CCN1CCN(CC)C2(C#N)CCCCC12C#N. The molecule has 1 saturated carbocycles. The van der Waals surface area contributed by atoms with Crippen molar-refractivity contribution >= 4 is 0 Å². The first-order valence-electron chi connectivity index (χ1n) is 7.03. The van der Waals surface area contributed by atoms with Gasteiger partial charge in [-0.25, -0.2) is 0 Å². The van der Waals surface area contributed by atoms with E-state index in [0.29, 0.717) is 0 Å². The minimum Gasteiger partial charge on any atom is -0.282 e. The molecule has 4 nitrogen and oxygen atoms in total. The number of piperazine rings is 1. The van der Waals surface area contributed by atoms with Crippen LogP contribution >= 0.6 is 0 Å². The molecule has 0 radical (unpaired) electrons. The predicted octanol–water partition coefficient (Wildman–Crippen LogP) is 1.74. The smallest absolute Gasteiger partial charge is 0.141 e. The van der Waals surface area contributed by atoms with Crippen LogP contribution in [0.1, 0.15) is 39.5 Å². The Morgan fingerprint density at radius 1 is 0.889 bits per heavy atom. The van der Waals surface area contributed by atoms with Gasteiger partial charge in [-0.05, 0) is 25.9 Å². The molecule has 0 aromatic heterocycles. The molecule has 0 aromatic carbocycles. The predicted molar refractivity (Wildman–Crippen MR) is 69.7 cm³/mol. The molecule has 0 spiro atoms. The molecule has 1 heterocycles. The highest BCUT2D eigenvalue weighted by Gasteiger charge is 2.61. The maximum absolute atomic E-state index is 9.82. The summed E-state index contributed by atoms with van der Waals surface area (Å²) >= 11 is 0. The quantitative estimate of drug-likeness (QED) is 0.744. The first-order chi connectivity index (χ1) is 8.70. The van der Waals surface area contributed by atoms with Gasteiger partial charge < -0.3 is 0 Å². The molecule has 1 aliphatic carbocycles. The van der Waals surface area contributed by atoms with Crippen LogP contribution in [0.2, 0.25) is 0 Å². The maximum Gasteiger partial charge on any atom is 0.141 e. The summed E-state index contributed by atoms with van der Waals surface area (Å²) < 4.78 is 0. The topological polar surface area (TPSA) is 54.1 Å². The molecule has 98 valence electrons. The lowest BCUT2D eigenvalue weighted by molar-refractivity contribution is -0.0793. The molecule has 0 bridgehead atoms. The summed E-state index contributed by atoms with van der Waals surface area (Å²) in [6.07, 6.45) is 3.79. The van der Waals surface area contributed by atoms with Crippen LogP contribution in [0.3, 0.4) is 0 Å². The first-order valence-corrected chi connectivity index (χ1v) is 7.03. The van der Waals surface area contributed by atoms with Crippen LogP contribution < -0.4 is 0 Å². The fraction of sp³-hybridized carbons (Fsp3) is 0.857. The zero-order chi connectivity index (χ0) is 13.2. The van der Waals surface area contributed by atoms with Crippen molar-refractivity contribution in [2.24, 2.45) is 0 Å². The molecule has 1 aliphatic heterocycles. The fourth-order valence-electron chi connectivity index (χ4n) is 3.93. The molecule has 0 N–H and O–H groups in total. The molecule has 2 atom stereocenters. The lowest BCUT2D eigenvalue weighted by Gasteiger charge is -2.59. The summed E-state index contributed by atoms with van der Waals surface area (Å²) in [5.74, 6) is 0. The van der Waals surface area contributed by atoms with E-state index >= 15 is 0 Å². The Bertz CT molecular complexity index is 356. The van der Waals surface area contributed by atoms with Gasteiger partial charge in [0.1, 0.15) is 11.1 Å². The van der Waals surface area contributed by atoms with Crippen molar-refractivity contribution in [3.8, 4) is 12.1 Å². The Labute approximate surface area is 110 Å². The van der Waals surface area contributed by atoms with Gasteiger partial charge in [-0.3, -0.25) is 9.80 Å². The highest BCUT2D eigenvalue weighted by atomic mass is 15.4. The molecule has 2 fully saturated rings. The van der Waals surface area contributed by atoms with Crippen molar-refractivity contribution in [2.75, 3.05) is 26.2 Å². The number of nitriles is 2. The molecular weight excluding hydrogens is 224 g/mol. The Morgan fingerprint density at radius 2 is 1.28 bits per heavy atom. The number of fused-ring (bicyclic) bond motifs is 1. The van der Waals surface area contributed by atoms with Crippen molar-refractivity contribution in [1.82, 2.24) is 9.80 Å². The standard InChI is InChI=1S/C14H22N4/c1-3-17-9-10-18(4-2)14(12-16)8-6-5-7-13(14,17)11-15/h3-10H2,1-2H3. The third kappa shape index (κ3) is 1.49. The second-order valence-corrected chi connectivity index (χ2v) is 5.31. The number of nitrogens with zero attached hydrogens (tertiary/aromatic N) is 4. The van der Waals surface area contributed by atoms with Crippen LogP contribution in [0.15, 0.2) is 0 Å². The summed E-state index contributed by atoms with van der Waals surface area (Å²) in [4.78, 5) is 4.48. The van der Waals surface area contributed by atoms with Crippen LogP contribution in [0.25, 0.3) is 0 Å². The Kier molecular flexibility index (Phi) is 3.61. The molecular formula is C14H22N4. The van der Waals surface area contributed by atoms with E-state index in [-0.39, 0.29) is 0 Å². The molecule has 0 aromatic rings. The van der Waals surface area contributed by atoms with Crippen molar-refractivity contribution < 1.29 is 0 Å². The average molecular weight is 246 g/mol. The van der Waals surface area contributed by atoms with E-state index in [9.17, 15) is 10.5 Å². The Balaban J connectivity index is 2.53. The number of hydrogen-bond donors (Lipinski definition) is 0. The van der Waals surface area contributed by atoms with E-state index in [4.69, 9.17) is 0 Å². The monoisotopic (exact) mass is 246 g/mol. The third-order valence-corrected chi connectivity index (χ3v) is 4.86. The normalized spacial score (nSPS) is 37.6. The number of rotatable bonds is 2. The first kappa shape index (κ1) is 13.3. The average Bonchev–Trinajstić information content (AvgIpc) is 2.45. The molecule has 0 amide bonds. The van der Waals surface area contributed by atoms with E-state index in [0.717, 1.165) is 51.9 Å². The van der Waals surface area contributed by atoms with Crippen molar-refractivity contribution in [2.45, 2.75) is 50.6 Å². The summed E-state index contributed by atoms with van der Waals surface area (Å²) in [7, 11) is 0. The Hall–Kier alpha value is -1.10. The third-order valence-electron chi connectivity index (χ3n) is 4.86. The largest absolute Gasteiger partial charge is 0.282 e. The molecule has 4 heteroatoms. The van der Waals surface area contributed by atoms with E-state index in [2.05, 4.69) is 35.8 Å². The van der Waals surface area contributed by atoms with Crippen molar-refractivity contribution in [3.63, 3.8) is 0 Å². The molecule has 18 heavy (non-hydrogen) atoms. The van der Waals surface area contributed by atoms with Gasteiger partial charge in [0.25, 0.3) is 0 Å². The second kappa shape index (κ2) is 4.88. The summed E-state index contributed by atoms with van der Waals surface area (Å²) in [5, 5.41) is 19.6. The van der Waals surface area contributed by atoms with Gasteiger partial charge in [-0.2, -0.15) is 10.5 Å². The van der Waals surface area contributed by atoms with Gasteiger partial charge >= 0.3 is 0 Å². The second-order valence-electron chi connectivity index (χ2n) is 5.31. The highest BCUT2D eigenvalue weighted by molar-refractivity contribution is 5.34. The number of likely N-dealkylation sites (N-methyl/N-ethyl adjacent to an activating group) is 2. The van der Waals surface area contributed by atoms with Gasteiger partial charge in [0.15, 0.2) is 0 Å².